The van der Waals surface area contributed by atoms with Gasteiger partial charge in [-0.1, -0.05) is 19.3 Å². The van der Waals surface area contributed by atoms with Crippen molar-refractivity contribution in [2.24, 2.45) is 11.3 Å². The molecule has 1 heterocycles. The predicted molar refractivity (Wildman–Crippen MR) is 72.1 cm³/mol. The first-order chi connectivity index (χ1) is 8.28. The molecule has 98 valence electrons. The molecule has 1 aliphatic heterocycles. The highest BCUT2D eigenvalue weighted by Gasteiger charge is 2.46. The Kier molecular flexibility index (Phi) is 3.45. The molecule has 2 nitrogen and oxygen atoms in total. The summed E-state index contributed by atoms with van der Waals surface area (Å²) in [5.41, 5.74) is 0.739. The van der Waals surface area contributed by atoms with E-state index in [9.17, 15) is 0 Å². The van der Waals surface area contributed by atoms with Crippen molar-refractivity contribution in [3.8, 4) is 0 Å². The molecule has 3 aliphatic rings. The van der Waals surface area contributed by atoms with Gasteiger partial charge in [0.15, 0.2) is 0 Å². The van der Waals surface area contributed by atoms with Gasteiger partial charge in [-0.2, -0.15) is 0 Å². The van der Waals surface area contributed by atoms with Crippen LogP contribution in [0.2, 0.25) is 0 Å². The summed E-state index contributed by atoms with van der Waals surface area (Å²) in [5.74, 6) is 0.918. The van der Waals surface area contributed by atoms with Crippen molar-refractivity contribution in [2.75, 3.05) is 26.7 Å². The first-order valence-corrected chi connectivity index (χ1v) is 7.70. The highest BCUT2D eigenvalue weighted by Crippen LogP contribution is 2.51. The van der Waals surface area contributed by atoms with E-state index in [2.05, 4.69) is 17.3 Å². The molecule has 1 saturated heterocycles. The van der Waals surface area contributed by atoms with Gasteiger partial charge in [-0.05, 0) is 63.6 Å². The second-order valence-electron chi connectivity index (χ2n) is 6.84. The average molecular weight is 236 g/mol. The lowest BCUT2D eigenvalue weighted by Gasteiger charge is -2.53. The monoisotopic (exact) mass is 236 g/mol. The summed E-state index contributed by atoms with van der Waals surface area (Å²) in [6.45, 7) is 3.89. The third-order valence-electron chi connectivity index (χ3n) is 5.66. The van der Waals surface area contributed by atoms with Crippen LogP contribution >= 0.6 is 0 Å². The van der Waals surface area contributed by atoms with E-state index in [4.69, 9.17) is 0 Å². The summed E-state index contributed by atoms with van der Waals surface area (Å²) >= 11 is 0. The number of likely N-dealkylation sites (tertiary alicyclic amines) is 1. The van der Waals surface area contributed by atoms with Crippen molar-refractivity contribution >= 4 is 0 Å². The summed E-state index contributed by atoms with van der Waals surface area (Å²) < 4.78 is 0. The largest absolute Gasteiger partial charge is 0.313 e. The maximum Gasteiger partial charge on any atom is 0.0124 e. The summed E-state index contributed by atoms with van der Waals surface area (Å²) in [6.07, 6.45) is 11.8. The lowest BCUT2D eigenvalue weighted by Crippen LogP contribution is -2.55. The topological polar surface area (TPSA) is 15.3 Å². The first-order valence-electron chi connectivity index (χ1n) is 7.70. The van der Waals surface area contributed by atoms with Gasteiger partial charge in [0.1, 0.15) is 0 Å². The number of hydrogen-bond acceptors (Lipinski definition) is 2. The molecule has 3 rings (SSSR count). The van der Waals surface area contributed by atoms with E-state index < -0.39 is 0 Å². The van der Waals surface area contributed by atoms with Gasteiger partial charge in [0.05, 0.1) is 0 Å². The van der Waals surface area contributed by atoms with E-state index in [-0.39, 0.29) is 0 Å². The van der Waals surface area contributed by atoms with Gasteiger partial charge in [0, 0.05) is 12.6 Å². The van der Waals surface area contributed by atoms with Crippen molar-refractivity contribution < 1.29 is 0 Å². The highest BCUT2D eigenvalue weighted by atomic mass is 15.1. The van der Waals surface area contributed by atoms with Crippen LogP contribution in [0.25, 0.3) is 0 Å². The van der Waals surface area contributed by atoms with Crippen LogP contribution in [0.3, 0.4) is 0 Å². The van der Waals surface area contributed by atoms with Crippen molar-refractivity contribution in [1.82, 2.24) is 10.2 Å². The smallest absolute Gasteiger partial charge is 0.0124 e. The summed E-state index contributed by atoms with van der Waals surface area (Å²) in [6, 6.07) is 0.869. The molecule has 1 N–H and O–H groups in total. The molecule has 3 fully saturated rings. The van der Waals surface area contributed by atoms with Crippen LogP contribution in [0.4, 0.5) is 0 Å². The van der Waals surface area contributed by atoms with Gasteiger partial charge < -0.3 is 10.2 Å². The molecule has 1 spiro atoms. The van der Waals surface area contributed by atoms with Gasteiger partial charge in [-0.15, -0.1) is 0 Å². The van der Waals surface area contributed by atoms with E-state index in [1.807, 2.05) is 0 Å². The zero-order chi connectivity index (χ0) is 11.7. The molecule has 2 heteroatoms. The molecule has 0 radical (unpaired) electrons. The lowest BCUT2D eigenvalue weighted by atomic mass is 9.57. The van der Waals surface area contributed by atoms with Gasteiger partial charge >= 0.3 is 0 Å². The average Bonchev–Trinajstić information content (AvgIpc) is 2.75. The van der Waals surface area contributed by atoms with Crippen molar-refractivity contribution in [2.45, 2.75) is 57.4 Å². The van der Waals surface area contributed by atoms with Gasteiger partial charge in [0.25, 0.3) is 0 Å². The second kappa shape index (κ2) is 4.89. The van der Waals surface area contributed by atoms with E-state index in [1.54, 1.807) is 0 Å². The molecule has 2 atom stereocenters. The number of rotatable bonds is 3. The Balaban J connectivity index is 1.46. The van der Waals surface area contributed by atoms with E-state index >= 15 is 0 Å². The molecular weight excluding hydrogens is 208 g/mol. The van der Waals surface area contributed by atoms with E-state index in [0.29, 0.717) is 0 Å². The maximum absolute atomic E-state index is 3.92. The second-order valence-corrected chi connectivity index (χ2v) is 6.84. The first kappa shape index (κ1) is 12.0. The fourth-order valence-corrected chi connectivity index (χ4v) is 4.37. The molecule has 0 bridgehead atoms. The highest BCUT2D eigenvalue weighted by molar-refractivity contribution is 5.01. The van der Waals surface area contributed by atoms with E-state index in [0.717, 1.165) is 17.4 Å². The van der Waals surface area contributed by atoms with Crippen LogP contribution < -0.4 is 5.32 Å². The summed E-state index contributed by atoms with van der Waals surface area (Å²) in [5, 5.41) is 3.92. The fraction of sp³-hybridized carbons (Fsp3) is 1.00. The van der Waals surface area contributed by atoms with Crippen molar-refractivity contribution in [3.63, 3.8) is 0 Å². The molecule has 0 aromatic rings. The summed E-state index contributed by atoms with van der Waals surface area (Å²) in [7, 11) is 2.26. The number of nitrogens with zero attached hydrogens (tertiary/aromatic N) is 1. The molecule has 0 amide bonds. The van der Waals surface area contributed by atoms with E-state index in [1.165, 1.54) is 71.0 Å². The molecular formula is C15H28N2. The maximum atomic E-state index is 3.92. The van der Waals surface area contributed by atoms with Crippen LogP contribution in [0.15, 0.2) is 0 Å². The van der Waals surface area contributed by atoms with Crippen LogP contribution in [0.5, 0.6) is 0 Å². The zero-order valence-electron chi connectivity index (χ0n) is 11.4. The van der Waals surface area contributed by atoms with Gasteiger partial charge in [0.2, 0.25) is 0 Å². The Hall–Kier alpha value is -0.0800. The Morgan fingerprint density at radius 2 is 1.94 bits per heavy atom. The molecule has 2 unspecified atom stereocenters. The minimum absolute atomic E-state index is 0.739. The normalized spacial score (nSPS) is 37.2. The predicted octanol–water partition coefficient (Wildman–Crippen LogP) is 2.64. The fourth-order valence-electron chi connectivity index (χ4n) is 4.37. The standard InChI is InChI=1S/C15H28N2/c1-17-10-6-13(12-17)11-16-14-5-9-15(14)7-3-2-4-8-15/h13-14,16H,2-12H2,1H3. The minimum Gasteiger partial charge on any atom is -0.313 e. The molecule has 0 aromatic heterocycles. The molecule has 0 aromatic carbocycles. The van der Waals surface area contributed by atoms with Crippen LogP contribution in [-0.2, 0) is 0 Å². The summed E-state index contributed by atoms with van der Waals surface area (Å²) in [4.78, 5) is 2.48. The number of hydrogen-bond donors (Lipinski definition) is 1. The van der Waals surface area contributed by atoms with Gasteiger partial charge in [-0.25, -0.2) is 0 Å². The molecule has 2 aliphatic carbocycles. The zero-order valence-corrected chi connectivity index (χ0v) is 11.4. The Morgan fingerprint density at radius 1 is 1.12 bits per heavy atom. The van der Waals surface area contributed by atoms with Crippen LogP contribution in [0.1, 0.15) is 51.4 Å². The quantitative estimate of drug-likeness (QED) is 0.810. The van der Waals surface area contributed by atoms with Crippen LogP contribution in [0, 0.1) is 11.3 Å². The molecule has 17 heavy (non-hydrogen) atoms. The third-order valence-corrected chi connectivity index (χ3v) is 5.66. The van der Waals surface area contributed by atoms with Crippen LogP contribution in [-0.4, -0.2) is 37.6 Å². The Labute approximate surface area is 106 Å². The number of nitrogens with one attached hydrogen (secondary N) is 1. The lowest BCUT2D eigenvalue weighted by molar-refractivity contribution is 0.0213. The van der Waals surface area contributed by atoms with Crippen molar-refractivity contribution in [1.29, 1.82) is 0 Å². The SMILES string of the molecule is CN1CCC(CNC2CCC23CCCCC3)C1. The van der Waals surface area contributed by atoms with Gasteiger partial charge in [-0.3, -0.25) is 0 Å². The molecule has 2 saturated carbocycles. The Bertz CT molecular complexity index is 258. The minimum atomic E-state index is 0.739. The third kappa shape index (κ3) is 2.39. The van der Waals surface area contributed by atoms with Crippen molar-refractivity contribution in [3.05, 3.63) is 0 Å². The Morgan fingerprint density at radius 3 is 2.53 bits per heavy atom.